The largest absolute Gasteiger partial charge is 0.481 e. The molecule has 96 valence electrons. The topological polar surface area (TPSA) is 60.2 Å². The molecule has 1 atom stereocenters. The van der Waals surface area contributed by atoms with Gasteiger partial charge in [0.25, 0.3) is 0 Å². The number of aliphatic hydroxyl groups excluding tert-OH is 1. The van der Waals surface area contributed by atoms with Crippen LogP contribution in [0.4, 0.5) is 0 Å². The van der Waals surface area contributed by atoms with E-state index in [4.69, 9.17) is 4.74 Å². The molecule has 2 heterocycles. The Balaban J connectivity index is 1.99. The first-order valence-electron chi connectivity index (χ1n) is 5.86. The lowest BCUT2D eigenvalue weighted by Gasteiger charge is -2.10. The van der Waals surface area contributed by atoms with Gasteiger partial charge in [0, 0.05) is 31.9 Å². The molecule has 0 aliphatic heterocycles. The van der Waals surface area contributed by atoms with Gasteiger partial charge in [-0.2, -0.15) is 0 Å². The maximum Gasteiger partial charge on any atom is 0.213 e. The van der Waals surface area contributed by atoms with Crippen LogP contribution in [0.25, 0.3) is 0 Å². The van der Waals surface area contributed by atoms with Crippen LogP contribution in [0.5, 0.6) is 5.88 Å². The highest BCUT2D eigenvalue weighted by Crippen LogP contribution is 2.18. The fraction of sp³-hybridized carbons (Fsp3) is 0.385. The number of aliphatic hydroxyl groups is 1. The average Bonchev–Trinajstić information content (AvgIpc) is 2.81. The molecule has 5 nitrogen and oxygen atoms in total. The van der Waals surface area contributed by atoms with Gasteiger partial charge in [-0.05, 0) is 12.5 Å². The second-order valence-electron chi connectivity index (χ2n) is 4.11. The zero-order chi connectivity index (χ0) is 13.0. The van der Waals surface area contributed by atoms with Gasteiger partial charge in [0.1, 0.15) is 5.82 Å². The smallest absolute Gasteiger partial charge is 0.213 e. The molecular formula is C13H17N3O2. The minimum Gasteiger partial charge on any atom is -0.481 e. The Morgan fingerprint density at radius 1 is 1.44 bits per heavy atom. The first-order chi connectivity index (χ1) is 8.70. The van der Waals surface area contributed by atoms with Gasteiger partial charge in [-0.25, -0.2) is 9.97 Å². The number of ether oxygens (including phenoxy) is 1. The third-order valence-corrected chi connectivity index (χ3v) is 2.86. The molecule has 0 bridgehead atoms. The Bertz CT molecular complexity index is 510. The second kappa shape index (κ2) is 5.64. The Kier molecular flexibility index (Phi) is 3.94. The molecule has 0 saturated carbocycles. The van der Waals surface area contributed by atoms with Crippen molar-refractivity contribution in [1.82, 2.24) is 14.5 Å². The number of imidazole rings is 1. The molecule has 0 aliphatic rings. The van der Waals surface area contributed by atoms with Crippen molar-refractivity contribution < 1.29 is 9.84 Å². The summed E-state index contributed by atoms with van der Waals surface area (Å²) in [7, 11) is 3.50. The van der Waals surface area contributed by atoms with E-state index >= 15 is 0 Å². The highest BCUT2D eigenvalue weighted by Gasteiger charge is 2.11. The Morgan fingerprint density at radius 2 is 2.28 bits per heavy atom. The monoisotopic (exact) mass is 247 g/mol. The van der Waals surface area contributed by atoms with Crippen LogP contribution >= 0.6 is 0 Å². The molecule has 2 aromatic rings. The molecule has 0 spiro atoms. The number of hydrogen-bond acceptors (Lipinski definition) is 4. The number of rotatable bonds is 5. The Morgan fingerprint density at radius 3 is 2.94 bits per heavy atom. The van der Waals surface area contributed by atoms with Gasteiger partial charge in [0.15, 0.2) is 0 Å². The van der Waals surface area contributed by atoms with E-state index in [1.807, 2.05) is 23.9 Å². The maximum absolute atomic E-state index is 10.1. The van der Waals surface area contributed by atoms with Crippen molar-refractivity contribution in [1.29, 1.82) is 0 Å². The standard InChI is InChI=1S/C13H17N3O2/c1-16-9-8-14-12(16)7-6-11(17)10-4-3-5-13(15-10)18-2/h3-5,8-9,11,17H,6-7H2,1-2H3. The molecular weight excluding hydrogens is 230 g/mol. The zero-order valence-corrected chi connectivity index (χ0v) is 10.6. The lowest BCUT2D eigenvalue weighted by Crippen LogP contribution is -2.05. The molecule has 1 unspecified atom stereocenters. The molecule has 5 heteroatoms. The fourth-order valence-electron chi connectivity index (χ4n) is 1.78. The summed E-state index contributed by atoms with van der Waals surface area (Å²) in [6, 6.07) is 5.38. The summed E-state index contributed by atoms with van der Waals surface area (Å²) >= 11 is 0. The van der Waals surface area contributed by atoms with E-state index in [1.165, 1.54) is 0 Å². The molecule has 1 N–H and O–H groups in total. The van der Waals surface area contributed by atoms with Crippen molar-refractivity contribution in [2.75, 3.05) is 7.11 Å². The molecule has 0 amide bonds. The summed E-state index contributed by atoms with van der Waals surface area (Å²) in [5.41, 5.74) is 0.628. The third-order valence-electron chi connectivity index (χ3n) is 2.86. The van der Waals surface area contributed by atoms with Crippen LogP contribution in [0, 0.1) is 0 Å². The van der Waals surface area contributed by atoms with Crippen LogP contribution in [-0.4, -0.2) is 26.8 Å². The van der Waals surface area contributed by atoms with Crippen LogP contribution in [0.15, 0.2) is 30.6 Å². The van der Waals surface area contributed by atoms with E-state index in [1.54, 1.807) is 25.4 Å². The quantitative estimate of drug-likeness (QED) is 0.869. The predicted molar refractivity (Wildman–Crippen MR) is 67.3 cm³/mol. The molecule has 0 aliphatic carbocycles. The van der Waals surface area contributed by atoms with Crippen LogP contribution in [0.2, 0.25) is 0 Å². The van der Waals surface area contributed by atoms with Crippen molar-refractivity contribution in [2.24, 2.45) is 7.05 Å². The van der Waals surface area contributed by atoms with Crippen LogP contribution in [-0.2, 0) is 13.5 Å². The molecule has 0 radical (unpaired) electrons. The van der Waals surface area contributed by atoms with E-state index in [9.17, 15) is 5.11 Å². The van der Waals surface area contributed by atoms with Gasteiger partial charge < -0.3 is 14.4 Å². The van der Waals surface area contributed by atoms with Crippen molar-refractivity contribution in [3.63, 3.8) is 0 Å². The van der Waals surface area contributed by atoms with E-state index in [-0.39, 0.29) is 0 Å². The number of hydrogen-bond donors (Lipinski definition) is 1. The molecule has 2 aromatic heterocycles. The Labute approximate surface area is 106 Å². The molecule has 2 rings (SSSR count). The van der Waals surface area contributed by atoms with Crippen LogP contribution in [0.3, 0.4) is 0 Å². The number of pyridine rings is 1. The lowest BCUT2D eigenvalue weighted by molar-refractivity contribution is 0.161. The number of methoxy groups -OCH3 is 1. The van der Waals surface area contributed by atoms with Gasteiger partial charge in [-0.3, -0.25) is 0 Å². The highest BCUT2D eigenvalue weighted by atomic mass is 16.5. The van der Waals surface area contributed by atoms with E-state index in [0.717, 1.165) is 5.82 Å². The summed E-state index contributed by atoms with van der Waals surface area (Å²) in [4.78, 5) is 8.44. The van der Waals surface area contributed by atoms with Crippen molar-refractivity contribution in [2.45, 2.75) is 18.9 Å². The van der Waals surface area contributed by atoms with Crippen LogP contribution < -0.4 is 4.74 Å². The predicted octanol–water partition coefficient (Wildman–Crippen LogP) is 1.49. The van der Waals surface area contributed by atoms with E-state index in [0.29, 0.717) is 24.4 Å². The molecule has 0 aromatic carbocycles. The molecule has 0 fully saturated rings. The fourth-order valence-corrected chi connectivity index (χ4v) is 1.78. The number of aromatic nitrogens is 3. The van der Waals surface area contributed by atoms with Gasteiger partial charge in [0.05, 0.1) is 18.9 Å². The van der Waals surface area contributed by atoms with E-state index in [2.05, 4.69) is 9.97 Å². The summed E-state index contributed by atoms with van der Waals surface area (Å²) in [6.07, 6.45) is 4.35. The van der Waals surface area contributed by atoms with Gasteiger partial charge >= 0.3 is 0 Å². The minimum atomic E-state index is -0.600. The molecule has 18 heavy (non-hydrogen) atoms. The number of nitrogens with zero attached hydrogens (tertiary/aromatic N) is 3. The summed E-state index contributed by atoms with van der Waals surface area (Å²) in [5.74, 6) is 1.47. The van der Waals surface area contributed by atoms with Gasteiger partial charge in [0.2, 0.25) is 5.88 Å². The van der Waals surface area contributed by atoms with Gasteiger partial charge in [-0.15, -0.1) is 0 Å². The van der Waals surface area contributed by atoms with Gasteiger partial charge in [-0.1, -0.05) is 6.07 Å². The Hall–Kier alpha value is -1.88. The third kappa shape index (κ3) is 2.87. The summed E-state index contributed by atoms with van der Waals surface area (Å²) in [5, 5.41) is 10.1. The lowest BCUT2D eigenvalue weighted by atomic mass is 10.1. The first-order valence-corrected chi connectivity index (χ1v) is 5.86. The maximum atomic E-state index is 10.1. The average molecular weight is 247 g/mol. The van der Waals surface area contributed by atoms with E-state index < -0.39 is 6.10 Å². The summed E-state index contributed by atoms with van der Waals surface area (Å²) in [6.45, 7) is 0. The number of aryl methyl sites for hydroxylation is 2. The van der Waals surface area contributed by atoms with Crippen LogP contribution in [0.1, 0.15) is 24.0 Å². The molecule has 0 saturated heterocycles. The minimum absolute atomic E-state index is 0.517. The normalized spacial score (nSPS) is 12.4. The first kappa shape index (κ1) is 12.6. The van der Waals surface area contributed by atoms with Crippen molar-refractivity contribution >= 4 is 0 Å². The summed E-state index contributed by atoms with van der Waals surface area (Å²) < 4.78 is 6.99. The second-order valence-corrected chi connectivity index (χ2v) is 4.11. The van der Waals surface area contributed by atoms with Crippen molar-refractivity contribution in [3.8, 4) is 5.88 Å². The highest BCUT2D eigenvalue weighted by molar-refractivity contribution is 5.17. The van der Waals surface area contributed by atoms with Crippen molar-refractivity contribution in [3.05, 3.63) is 42.1 Å². The zero-order valence-electron chi connectivity index (χ0n) is 10.6. The SMILES string of the molecule is COc1cccc(C(O)CCc2nccn2C)n1.